The number of hydrogen-bond donors (Lipinski definition) is 1. The Morgan fingerprint density at radius 3 is 2.55 bits per heavy atom. The zero-order valence-electron chi connectivity index (χ0n) is 13.7. The topological polar surface area (TPSA) is 51.0 Å². The fourth-order valence-electron chi connectivity index (χ4n) is 1.92. The van der Waals surface area contributed by atoms with Gasteiger partial charge in [0.15, 0.2) is 5.82 Å². The third-order valence-corrected chi connectivity index (χ3v) is 4.43. The van der Waals surface area contributed by atoms with Crippen LogP contribution in [0.4, 0.5) is 0 Å². The number of rotatable bonds is 8. The minimum Gasteiger partial charge on any atom is -0.339 e. The summed E-state index contributed by atoms with van der Waals surface area (Å²) in [6.45, 7) is 14.2. The Bertz CT molecular complexity index is 385. The Labute approximate surface area is 127 Å². The zero-order chi connectivity index (χ0) is 15.2. The van der Waals surface area contributed by atoms with Crippen LogP contribution in [0.15, 0.2) is 4.52 Å². The summed E-state index contributed by atoms with van der Waals surface area (Å²) in [5.41, 5.74) is 0.178. The summed E-state index contributed by atoms with van der Waals surface area (Å²) in [7, 11) is 0. The second-order valence-electron chi connectivity index (χ2n) is 6.69. The van der Waals surface area contributed by atoms with Crippen molar-refractivity contribution in [1.29, 1.82) is 0 Å². The summed E-state index contributed by atoms with van der Waals surface area (Å²) in [6.07, 6.45) is 0.791. The molecular weight excluding hydrogens is 270 g/mol. The van der Waals surface area contributed by atoms with Crippen molar-refractivity contribution < 1.29 is 4.52 Å². The van der Waals surface area contributed by atoms with Crippen molar-refractivity contribution >= 4 is 11.8 Å². The van der Waals surface area contributed by atoms with Crippen LogP contribution >= 0.6 is 11.8 Å². The molecule has 0 aliphatic carbocycles. The SMILES string of the molecule is CCNC(Cc1nc(CSCC(C)C)no1)C(C)(C)C. The van der Waals surface area contributed by atoms with E-state index < -0.39 is 0 Å². The van der Waals surface area contributed by atoms with Gasteiger partial charge >= 0.3 is 0 Å². The predicted octanol–water partition coefficient (Wildman–Crippen LogP) is 3.53. The van der Waals surface area contributed by atoms with Gasteiger partial charge in [0, 0.05) is 12.5 Å². The number of hydrogen-bond acceptors (Lipinski definition) is 5. The van der Waals surface area contributed by atoms with Crippen LogP contribution in [-0.4, -0.2) is 28.5 Å². The minimum atomic E-state index is 0.178. The molecule has 0 saturated heterocycles. The molecule has 0 fully saturated rings. The number of aromatic nitrogens is 2. The van der Waals surface area contributed by atoms with Crippen molar-refractivity contribution in [2.45, 2.75) is 59.8 Å². The summed E-state index contributed by atoms with van der Waals surface area (Å²) in [6, 6.07) is 0.351. The first kappa shape index (κ1) is 17.5. The molecule has 5 heteroatoms. The molecule has 1 rings (SSSR count). The maximum atomic E-state index is 5.38. The van der Waals surface area contributed by atoms with Crippen molar-refractivity contribution in [2.75, 3.05) is 12.3 Å². The molecule has 1 atom stereocenters. The van der Waals surface area contributed by atoms with Crippen molar-refractivity contribution in [3.8, 4) is 0 Å². The first-order valence-corrected chi connectivity index (χ1v) is 8.61. The predicted molar refractivity (Wildman–Crippen MR) is 85.9 cm³/mol. The van der Waals surface area contributed by atoms with Gasteiger partial charge in [-0.1, -0.05) is 46.7 Å². The lowest BCUT2D eigenvalue weighted by molar-refractivity contribution is 0.247. The smallest absolute Gasteiger partial charge is 0.228 e. The van der Waals surface area contributed by atoms with Crippen LogP contribution in [0.25, 0.3) is 0 Å². The molecule has 0 amide bonds. The summed E-state index contributed by atoms with van der Waals surface area (Å²) >= 11 is 1.86. The van der Waals surface area contributed by atoms with E-state index in [9.17, 15) is 0 Å². The molecule has 1 heterocycles. The maximum absolute atomic E-state index is 5.38. The third kappa shape index (κ3) is 6.27. The van der Waals surface area contributed by atoms with E-state index in [4.69, 9.17) is 4.52 Å². The third-order valence-electron chi connectivity index (χ3n) is 3.07. The van der Waals surface area contributed by atoms with Gasteiger partial charge in [-0.05, 0) is 23.6 Å². The van der Waals surface area contributed by atoms with Gasteiger partial charge in [-0.3, -0.25) is 0 Å². The first-order chi connectivity index (χ1) is 9.32. The first-order valence-electron chi connectivity index (χ1n) is 7.45. The molecule has 1 N–H and O–H groups in total. The molecule has 0 spiro atoms. The Hall–Kier alpha value is -0.550. The summed E-state index contributed by atoms with van der Waals surface area (Å²) < 4.78 is 5.38. The number of nitrogens with one attached hydrogen (secondary N) is 1. The molecule has 116 valence electrons. The van der Waals surface area contributed by atoms with Crippen LogP contribution in [0.5, 0.6) is 0 Å². The van der Waals surface area contributed by atoms with E-state index in [1.165, 1.54) is 0 Å². The van der Waals surface area contributed by atoms with Gasteiger partial charge in [0.2, 0.25) is 5.89 Å². The lowest BCUT2D eigenvalue weighted by atomic mass is 9.84. The maximum Gasteiger partial charge on any atom is 0.228 e. The second-order valence-corrected chi connectivity index (χ2v) is 7.72. The molecule has 1 aromatic rings. The number of likely N-dealkylation sites (N-methyl/N-ethyl adjacent to an activating group) is 1. The molecule has 0 aromatic carbocycles. The highest BCUT2D eigenvalue weighted by atomic mass is 32.2. The second kappa shape index (κ2) is 8.03. The average molecular weight is 299 g/mol. The lowest BCUT2D eigenvalue weighted by Gasteiger charge is -2.30. The van der Waals surface area contributed by atoms with Crippen LogP contribution in [0, 0.1) is 11.3 Å². The van der Waals surface area contributed by atoms with Gasteiger partial charge in [-0.15, -0.1) is 0 Å². The molecule has 0 radical (unpaired) electrons. The summed E-state index contributed by atoms with van der Waals surface area (Å²) in [4.78, 5) is 4.50. The van der Waals surface area contributed by atoms with Crippen LogP contribution in [0.3, 0.4) is 0 Å². The molecule has 0 saturated carbocycles. The Morgan fingerprint density at radius 2 is 2.00 bits per heavy atom. The molecule has 0 bridgehead atoms. The van der Waals surface area contributed by atoms with Crippen LogP contribution in [0.1, 0.15) is 53.3 Å². The molecule has 4 nitrogen and oxygen atoms in total. The highest BCUT2D eigenvalue weighted by Crippen LogP contribution is 2.22. The van der Waals surface area contributed by atoms with E-state index in [0.29, 0.717) is 12.0 Å². The van der Waals surface area contributed by atoms with Crippen molar-refractivity contribution in [1.82, 2.24) is 15.5 Å². The van der Waals surface area contributed by atoms with E-state index in [0.717, 1.165) is 36.2 Å². The zero-order valence-corrected chi connectivity index (χ0v) is 14.5. The van der Waals surface area contributed by atoms with Gasteiger partial charge in [0.25, 0.3) is 0 Å². The quantitative estimate of drug-likeness (QED) is 0.796. The average Bonchev–Trinajstić information content (AvgIpc) is 2.74. The Morgan fingerprint density at radius 1 is 1.30 bits per heavy atom. The van der Waals surface area contributed by atoms with Gasteiger partial charge in [-0.2, -0.15) is 16.7 Å². The van der Waals surface area contributed by atoms with Crippen LogP contribution in [0.2, 0.25) is 0 Å². The minimum absolute atomic E-state index is 0.178. The number of nitrogens with zero attached hydrogens (tertiary/aromatic N) is 2. The summed E-state index contributed by atoms with van der Waals surface area (Å²) in [5.74, 6) is 4.22. The highest BCUT2D eigenvalue weighted by Gasteiger charge is 2.26. The van der Waals surface area contributed by atoms with E-state index >= 15 is 0 Å². The van der Waals surface area contributed by atoms with Crippen LogP contribution < -0.4 is 5.32 Å². The Balaban J connectivity index is 2.53. The molecule has 1 aromatic heterocycles. The largest absolute Gasteiger partial charge is 0.339 e. The van der Waals surface area contributed by atoms with Gasteiger partial charge in [0.1, 0.15) is 0 Å². The van der Waals surface area contributed by atoms with Gasteiger partial charge in [-0.25, -0.2) is 0 Å². The summed E-state index contributed by atoms with van der Waals surface area (Å²) in [5, 5.41) is 7.58. The fourth-order valence-corrected chi connectivity index (χ4v) is 2.81. The highest BCUT2D eigenvalue weighted by molar-refractivity contribution is 7.98. The molecule has 0 aliphatic heterocycles. The van der Waals surface area contributed by atoms with E-state index in [1.807, 2.05) is 11.8 Å². The van der Waals surface area contributed by atoms with Crippen molar-refractivity contribution in [3.63, 3.8) is 0 Å². The Kier molecular flexibility index (Phi) is 7.03. The molecule has 0 aliphatic rings. The standard InChI is InChI=1S/C15H29N3OS/c1-7-16-12(15(4,5)6)8-14-17-13(18-19-14)10-20-9-11(2)3/h11-12,16H,7-10H2,1-6H3. The normalized spacial score (nSPS) is 13.9. The van der Waals surface area contributed by atoms with Crippen LogP contribution in [-0.2, 0) is 12.2 Å². The molecular formula is C15H29N3OS. The fraction of sp³-hybridized carbons (Fsp3) is 0.867. The molecule has 1 unspecified atom stereocenters. The molecule has 20 heavy (non-hydrogen) atoms. The van der Waals surface area contributed by atoms with E-state index in [2.05, 4.69) is 57.0 Å². The van der Waals surface area contributed by atoms with Crippen molar-refractivity contribution in [3.05, 3.63) is 11.7 Å². The lowest BCUT2D eigenvalue weighted by Crippen LogP contribution is -2.41. The monoisotopic (exact) mass is 299 g/mol. The number of thioether (sulfide) groups is 1. The van der Waals surface area contributed by atoms with E-state index in [-0.39, 0.29) is 5.41 Å². The van der Waals surface area contributed by atoms with E-state index in [1.54, 1.807) is 0 Å². The van der Waals surface area contributed by atoms with Crippen molar-refractivity contribution in [2.24, 2.45) is 11.3 Å². The van der Waals surface area contributed by atoms with Gasteiger partial charge < -0.3 is 9.84 Å². The van der Waals surface area contributed by atoms with Gasteiger partial charge in [0.05, 0.1) is 5.75 Å².